The normalized spacial score (nSPS) is 26.3. The minimum Gasteiger partial charge on any atom is -0.327 e. The van der Waals surface area contributed by atoms with Crippen molar-refractivity contribution >= 4 is 11.6 Å². The molecule has 1 aliphatic heterocycles. The molecule has 2 aliphatic rings. The highest BCUT2D eigenvalue weighted by atomic mass is 19.1. The molecule has 102 valence electrons. The highest BCUT2D eigenvalue weighted by Gasteiger charge is 2.34. The van der Waals surface area contributed by atoms with Crippen LogP contribution in [0.25, 0.3) is 0 Å². The molecule has 1 fully saturated rings. The zero-order valence-corrected chi connectivity index (χ0v) is 10.9. The Morgan fingerprint density at radius 2 is 2.11 bits per heavy atom. The van der Waals surface area contributed by atoms with Gasteiger partial charge in [-0.15, -0.1) is 0 Å². The Morgan fingerprint density at radius 1 is 1.32 bits per heavy atom. The van der Waals surface area contributed by atoms with Crippen LogP contribution in [-0.4, -0.2) is 18.5 Å². The summed E-state index contributed by atoms with van der Waals surface area (Å²) in [6.45, 7) is 0.654. The number of hydrogen-bond acceptors (Lipinski definition) is 2. The van der Waals surface area contributed by atoms with Gasteiger partial charge in [-0.1, -0.05) is 18.9 Å². The van der Waals surface area contributed by atoms with E-state index in [2.05, 4.69) is 0 Å². The molecule has 2 unspecified atom stereocenters. The summed E-state index contributed by atoms with van der Waals surface area (Å²) in [4.78, 5) is 14.3. The second-order valence-corrected chi connectivity index (χ2v) is 5.57. The molecule has 2 N–H and O–H groups in total. The van der Waals surface area contributed by atoms with Crippen molar-refractivity contribution in [2.45, 2.75) is 38.1 Å². The number of benzene rings is 1. The lowest BCUT2D eigenvalue weighted by Gasteiger charge is -2.31. The van der Waals surface area contributed by atoms with Gasteiger partial charge in [0.25, 0.3) is 0 Å². The number of carbonyl (C=O) groups excluding carboxylic acids is 1. The lowest BCUT2D eigenvalue weighted by Crippen LogP contribution is -2.45. The van der Waals surface area contributed by atoms with Gasteiger partial charge >= 0.3 is 0 Å². The van der Waals surface area contributed by atoms with E-state index in [1.807, 2.05) is 0 Å². The topological polar surface area (TPSA) is 46.3 Å². The van der Waals surface area contributed by atoms with Crippen molar-refractivity contribution in [2.24, 2.45) is 11.7 Å². The standard InChI is InChI=1S/C15H19FN2O/c16-11-6-5-10-7-8-18(14(10)9-11)15(19)12-3-1-2-4-13(12)17/h5-6,9,12-13H,1-4,7-8,17H2. The molecule has 19 heavy (non-hydrogen) atoms. The first kappa shape index (κ1) is 12.6. The summed E-state index contributed by atoms with van der Waals surface area (Å²) >= 11 is 0. The van der Waals surface area contributed by atoms with Gasteiger partial charge in [0.15, 0.2) is 0 Å². The largest absolute Gasteiger partial charge is 0.327 e. The summed E-state index contributed by atoms with van der Waals surface area (Å²) in [6, 6.07) is 4.66. The van der Waals surface area contributed by atoms with Crippen molar-refractivity contribution in [3.05, 3.63) is 29.6 Å². The Hall–Kier alpha value is -1.42. The van der Waals surface area contributed by atoms with Crippen LogP contribution < -0.4 is 10.6 Å². The van der Waals surface area contributed by atoms with Crippen molar-refractivity contribution in [1.29, 1.82) is 0 Å². The highest BCUT2D eigenvalue weighted by molar-refractivity contribution is 5.97. The van der Waals surface area contributed by atoms with Crippen molar-refractivity contribution < 1.29 is 9.18 Å². The molecular formula is C15H19FN2O. The second-order valence-electron chi connectivity index (χ2n) is 5.57. The minimum absolute atomic E-state index is 0.0427. The van der Waals surface area contributed by atoms with Crippen LogP contribution in [-0.2, 0) is 11.2 Å². The number of carbonyl (C=O) groups is 1. The highest BCUT2D eigenvalue weighted by Crippen LogP contribution is 2.33. The lowest BCUT2D eigenvalue weighted by atomic mass is 9.84. The van der Waals surface area contributed by atoms with E-state index in [1.54, 1.807) is 11.0 Å². The SMILES string of the molecule is NC1CCCCC1C(=O)N1CCc2ccc(F)cc21. The third kappa shape index (κ3) is 2.25. The molecule has 0 radical (unpaired) electrons. The number of amides is 1. The minimum atomic E-state index is -0.286. The van der Waals surface area contributed by atoms with E-state index in [9.17, 15) is 9.18 Å². The number of anilines is 1. The molecule has 1 heterocycles. The van der Waals surface area contributed by atoms with Crippen molar-refractivity contribution in [2.75, 3.05) is 11.4 Å². The molecule has 1 aromatic rings. The summed E-state index contributed by atoms with van der Waals surface area (Å²) in [5.74, 6) is -0.300. The Kier molecular flexibility index (Phi) is 3.27. The molecule has 2 atom stereocenters. The fourth-order valence-electron chi connectivity index (χ4n) is 3.25. The van der Waals surface area contributed by atoms with Gasteiger partial charge < -0.3 is 10.6 Å². The zero-order chi connectivity index (χ0) is 13.4. The van der Waals surface area contributed by atoms with E-state index in [4.69, 9.17) is 5.73 Å². The Labute approximate surface area is 112 Å². The third-order valence-corrected chi connectivity index (χ3v) is 4.35. The fraction of sp³-hybridized carbons (Fsp3) is 0.533. The molecular weight excluding hydrogens is 243 g/mol. The Bertz CT molecular complexity index is 503. The van der Waals surface area contributed by atoms with Gasteiger partial charge in [-0.2, -0.15) is 0 Å². The monoisotopic (exact) mass is 262 g/mol. The van der Waals surface area contributed by atoms with Crippen molar-refractivity contribution in [1.82, 2.24) is 0 Å². The van der Waals surface area contributed by atoms with Crippen LogP contribution in [0.3, 0.4) is 0 Å². The van der Waals surface area contributed by atoms with Crippen molar-refractivity contribution in [3.8, 4) is 0 Å². The molecule has 1 aliphatic carbocycles. The summed E-state index contributed by atoms with van der Waals surface area (Å²) < 4.78 is 13.4. The first-order chi connectivity index (χ1) is 9.16. The molecule has 4 heteroatoms. The first-order valence-electron chi connectivity index (χ1n) is 7.02. The maximum Gasteiger partial charge on any atom is 0.231 e. The van der Waals surface area contributed by atoms with Crippen LogP contribution in [0.4, 0.5) is 10.1 Å². The van der Waals surface area contributed by atoms with E-state index < -0.39 is 0 Å². The first-order valence-corrected chi connectivity index (χ1v) is 7.02. The average Bonchev–Trinajstić information content (AvgIpc) is 2.81. The molecule has 3 rings (SSSR count). The van der Waals surface area contributed by atoms with Gasteiger partial charge in [-0.3, -0.25) is 4.79 Å². The van der Waals surface area contributed by atoms with Gasteiger partial charge in [-0.05, 0) is 37.0 Å². The third-order valence-electron chi connectivity index (χ3n) is 4.35. The molecule has 0 aromatic heterocycles. The molecule has 0 spiro atoms. The second kappa shape index (κ2) is 4.93. The molecule has 0 saturated heterocycles. The van der Waals surface area contributed by atoms with E-state index in [1.165, 1.54) is 12.1 Å². The van der Waals surface area contributed by atoms with E-state index >= 15 is 0 Å². The fourth-order valence-corrected chi connectivity index (χ4v) is 3.25. The van der Waals surface area contributed by atoms with Gasteiger partial charge in [0.05, 0.1) is 5.92 Å². The predicted octanol–water partition coefficient (Wildman–Crippen LogP) is 2.23. The van der Waals surface area contributed by atoms with Crippen LogP contribution >= 0.6 is 0 Å². The smallest absolute Gasteiger partial charge is 0.231 e. The van der Waals surface area contributed by atoms with Gasteiger partial charge in [-0.25, -0.2) is 4.39 Å². The van der Waals surface area contributed by atoms with Crippen molar-refractivity contribution in [3.63, 3.8) is 0 Å². The number of rotatable bonds is 1. The Morgan fingerprint density at radius 3 is 2.89 bits per heavy atom. The quantitative estimate of drug-likeness (QED) is 0.843. The van der Waals surface area contributed by atoms with E-state index in [0.717, 1.165) is 43.4 Å². The number of hydrogen-bond donors (Lipinski definition) is 1. The van der Waals surface area contributed by atoms with E-state index in [-0.39, 0.29) is 23.7 Å². The Balaban J connectivity index is 1.84. The van der Waals surface area contributed by atoms with Crippen LogP contribution in [0, 0.1) is 11.7 Å². The average molecular weight is 262 g/mol. The van der Waals surface area contributed by atoms with Crippen LogP contribution in [0.1, 0.15) is 31.2 Å². The lowest BCUT2D eigenvalue weighted by molar-refractivity contribution is -0.123. The summed E-state index contributed by atoms with van der Waals surface area (Å²) in [7, 11) is 0. The van der Waals surface area contributed by atoms with Gasteiger partial charge in [0.2, 0.25) is 5.91 Å². The maximum atomic E-state index is 13.4. The molecule has 1 saturated carbocycles. The van der Waals surface area contributed by atoms with Crippen LogP contribution in [0.2, 0.25) is 0 Å². The van der Waals surface area contributed by atoms with Crippen LogP contribution in [0.5, 0.6) is 0 Å². The number of nitrogens with two attached hydrogens (primary N) is 1. The zero-order valence-electron chi connectivity index (χ0n) is 10.9. The molecule has 3 nitrogen and oxygen atoms in total. The maximum absolute atomic E-state index is 13.4. The number of fused-ring (bicyclic) bond motifs is 1. The summed E-state index contributed by atoms with van der Waals surface area (Å²) in [5, 5.41) is 0. The van der Waals surface area contributed by atoms with E-state index in [0.29, 0.717) is 6.54 Å². The van der Waals surface area contributed by atoms with Crippen LogP contribution in [0.15, 0.2) is 18.2 Å². The summed E-state index contributed by atoms with van der Waals surface area (Å²) in [5.41, 5.74) is 7.87. The number of halogens is 1. The van der Waals surface area contributed by atoms with Gasteiger partial charge in [0, 0.05) is 18.3 Å². The number of nitrogens with zero attached hydrogens (tertiary/aromatic N) is 1. The molecule has 1 amide bonds. The molecule has 0 bridgehead atoms. The van der Waals surface area contributed by atoms with Gasteiger partial charge in [0.1, 0.15) is 5.82 Å². The molecule has 1 aromatic carbocycles. The summed E-state index contributed by atoms with van der Waals surface area (Å²) in [6.07, 6.45) is 4.76. The predicted molar refractivity (Wildman–Crippen MR) is 72.4 cm³/mol.